The van der Waals surface area contributed by atoms with E-state index in [2.05, 4.69) is 15.6 Å². The van der Waals surface area contributed by atoms with Crippen LogP contribution in [0.1, 0.15) is 56.4 Å². The maximum atomic E-state index is 13.9. The van der Waals surface area contributed by atoms with Gasteiger partial charge in [0.2, 0.25) is 11.8 Å². The van der Waals surface area contributed by atoms with Crippen molar-refractivity contribution in [3.63, 3.8) is 0 Å². The average Bonchev–Trinajstić information content (AvgIpc) is 3.44. The molecule has 2 aromatic heterocycles. The minimum absolute atomic E-state index is 0.0318. The van der Waals surface area contributed by atoms with Gasteiger partial charge < -0.3 is 25.2 Å². The molecule has 1 saturated carbocycles. The summed E-state index contributed by atoms with van der Waals surface area (Å²) in [5, 5.41) is 6.32. The fourth-order valence-electron chi connectivity index (χ4n) is 6.03. The van der Waals surface area contributed by atoms with E-state index in [-0.39, 0.29) is 49.6 Å². The monoisotopic (exact) mass is 574 g/mol. The first-order valence-corrected chi connectivity index (χ1v) is 14.4. The zero-order chi connectivity index (χ0) is 29.2. The van der Waals surface area contributed by atoms with E-state index < -0.39 is 17.5 Å². The molecule has 2 N–H and O–H groups in total. The molecule has 0 unspecified atom stereocenters. The first-order chi connectivity index (χ1) is 19.7. The van der Waals surface area contributed by atoms with Crippen molar-refractivity contribution in [2.75, 3.05) is 44.2 Å². The number of carbonyl (C=O) groups is 2. The number of halogens is 3. The van der Waals surface area contributed by atoms with Gasteiger partial charge in [-0.3, -0.25) is 9.59 Å². The number of hydrogen-bond acceptors (Lipinski definition) is 7. The van der Waals surface area contributed by atoms with E-state index in [1.165, 1.54) is 4.90 Å². The van der Waals surface area contributed by atoms with Crippen molar-refractivity contribution in [1.29, 1.82) is 0 Å². The SMILES string of the molecule is CCOc1ncccc1-c1ccc(N2CCN(C(=O)C3(C(F)(F)F)CCC3)C[C@H]2CC)c(C(=O)N[C@@H]2CCNC2)n1. The van der Waals surface area contributed by atoms with Gasteiger partial charge in [0.15, 0.2) is 5.69 Å². The van der Waals surface area contributed by atoms with Crippen molar-refractivity contribution in [3.8, 4) is 17.1 Å². The Labute approximate surface area is 237 Å². The molecule has 4 heterocycles. The quantitative estimate of drug-likeness (QED) is 0.495. The van der Waals surface area contributed by atoms with Gasteiger partial charge in [-0.2, -0.15) is 13.2 Å². The summed E-state index contributed by atoms with van der Waals surface area (Å²) >= 11 is 0. The number of carbonyl (C=O) groups excluding carboxylic acids is 2. The minimum atomic E-state index is -4.56. The summed E-state index contributed by atoms with van der Waals surface area (Å²) in [6.07, 6.45) is -1.47. The molecular weight excluding hydrogens is 537 g/mol. The van der Waals surface area contributed by atoms with Crippen molar-refractivity contribution in [2.24, 2.45) is 5.41 Å². The Hall–Kier alpha value is -3.41. The summed E-state index contributed by atoms with van der Waals surface area (Å²) in [6, 6.07) is 6.93. The van der Waals surface area contributed by atoms with Crippen molar-refractivity contribution >= 4 is 17.5 Å². The van der Waals surface area contributed by atoms with Crippen LogP contribution in [0.25, 0.3) is 11.3 Å². The van der Waals surface area contributed by atoms with Gasteiger partial charge in [-0.15, -0.1) is 0 Å². The van der Waals surface area contributed by atoms with Crippen LogP contribution in [0.15, 0.2) is 30.5 Å². The van der Waals surface area contributed by atoms with Crippen LogP contribution in [0, 0.1) is 5.41 Å². The largest absolute Gasteiger partial charge is 0.477 e. The van der Waals surface area contributed by atoms with Gasteiger partial charge in [-0.25, -0.2) is 9.97 Å². The number of nitrogens with zero attached hydrogens (tertiary/aromatic N) is 4. The first-order valence-electron chi connectivity index (χ1n) is 14.4. The van der Waals surface area contributed by atoms with Gasteiger partial charge in [-0.1, -0.05) is 13.3 Å². The fourth-order valence-corrected chi connectivity index (χ4v) is 6.03. The second kappa shape index (κ2) is 11.8. The molecule has 0 spiro atoms. The van der Waals surface area contributed by atoms with Crippen LogP contribution < -0.4 is 20.3 Å². The Morgan fingerprint density at radius 2 is 2.00 bits per heavy atom. The molecule has 5 rings (SSSR count). The Morgan fingerprint density at radius 3 is 2.63 bits per heavy atom. The zero-order valence-electron chi connectivity index (χ0n) is 23.5. The molecule has 222 valence electrons. The summed E-state index contributed by atoms with van der Waals surface area (Å²) in [7, 11) is 0. The number of pyridine rings is 2. The summed E-state index contributed by atoms with van der Waals surface area (Å²) in [5.74, 6) is -0.736. The second-order valence-electron chi connectivity index (χ2n) is 11.0. The summed E-state index contributed by atoms with van der Waals surface area (Å²) in [6.45, 7) is 6.27. The van der Waals surface area contributed by atoms with Gasteiger partial charge >= 0.3 is 6.18 Å². The molecule has 2 saturated heterocycles. The predicted molar refractivity (Wildman–Crippen MR) is 148 cm³/mol. The molecule has 2 amide bonds. The average molecular weight is 575 g/mol. The van der Waals surface area contributed by atoms with E-state index in [4.69, 9.17) is 9.72 Å². The third-order valence-electron chi connectivity index (χ3n) is 8.52. The number of anilines is 1. The van der Waals surface area contributed by atoms with Crippen LogP contribution in [-0.4, -0.2) is 84.3 Å². The summed E-state index contributed by atoms with van der Waals surface area (Å²) in [5.41, 5.74) is -0.271. The lowest BCUT2D eigenvalue weighted by molar-refractivity contribution is -0.248. The van der Waals surface area contributed by atoms with Crippen LogP contribution in [0.5, 0.6) is 5.88 Å². The number of rotatable bonds is 8. The Balaban J connectivity index is 1.46. The lowest BCUT2D eigenvalue weighted by Crippen LogP contribution is -2.62. The third-order valence-corrected chi connectivity index (χ3v) is 8.52. The third kappa shape index (κ3) is 5.58. The van der Waals surface area contributed by atoms with E-state index in [9.17, 15) is 22.8 Å². The Bertz CT molecular complexity index is 1260. The molecule has 2 aromatic rings. The molecule has 3 fully saturated rings. The highest BCUT2D eigenvalue weighted by atomic mass is 19.4. The van der Waals surface area contributed by atoms with Crippen LogP contribution in [0.3, 0.4) is 0 Å². The van der Waals surface area contributed by atoms with Crippen molar-refractivity contribution < 1.29 is 27.5 Å². The molecule has 41 heavy (non-hydrogen) atoms. The smallest absolute Gasteiger partial charge is 0.403 e. The molecule has 9 nitrogen and oxygen atoms in total. The number of alkyl halides is 3. The molecular formula is C29H37F3N6O3. The highest BCUT2D eigenvalue weighted by Crippen LogP contribution is 2.54. The van der Waals surface area contributed by atoms with Gasteiger partial charge in [0.25, 0.3) is 5.91 Å². The molecule has 0 radical (unpaired) electrons. The van der Waals surface area contributed by atoms with Crippen molar-refractivity contribution in [3.05, 3.63) is 36.2 Å². The number of aromatic nitrogens is 2. The lowest BCUT2D eigenvalue weighted by atomic mass is 9.67. The number of hydrogen-bond donors (Lipinski definition) is 2. The van der Waals surface area contributed by atoms with Crippen LogP contribution >= 0.6 is 0 Å². The number of piperazine rings is 1. The first kappa shape index (κ1) is 29.1. The molecule has 2 aliphatic heterocycles. The maximum Gasteiger partial charge on any atom is 0.403 e. The van der Waals surface area contributed by atoms with Crippen LogP contribution in [0.2, 0.25) is 0 Å². The molecule has 2 atom stereocenters. The van der Waals surface area contributed by atoms with Crippen molar-refractivity contribution in [1.82, 2.24) is 25.5 Å². The highest BCUT2D eigenvalue weighted by molar-refractivity contribution is 5.99. The normalized spacial score (nSPS) is 22.3. The van der Waals surface area contributed by atoms with Gasteiger partial charge in [0.05, 0.1) is 23.6 Å². The summed E-state index contributed by atoms with van der Waals surface area (Å²) < 4.78 is 47.4. The number of nitrogens with one attached hydrogen (secondary N) is 2. The Kier molecular flexibility index (Phi) is 8.40. The zero-order valence-corrected chi connectivity index (χ0v) is 23.5. The molecule has 0 bridgehead atoms. The van der Waals surface area contributed by atoms with Crippen molar-refractivity contribution in [2.45, 2.75) is 64.2 Å². The van der Waals surface area contributed by atoms with Gasteiger partial charge in [0.1, 0.15) is 5.41 Å². The van der Waals surface area contributed by atoms with E-state index in [1.54, 1.807) is 18.3 Å². The van der Waals surface area contributed by atoms with Gasteiger partial charge in [-0.05, 0) is 63.4 Å². The fraction of sp³-hybridized carbons (Fsp3) is 0.586. The van der Waals surface area contributed by atoms with Crippen LogP contribution in [0.4, 0.5) is 18.9 Å². The maximum absolute atomic E-state index is 13.9. The standard InChI is InChI=1S/C29H37F3N6O3/c1-3-20-18-37(27(40)28(11-6-12-28)29(30,31)32)15-16-38(20)23-9-8-22(21-7-5-13-34-26(21)41-4-2)36-24(23)25(39)35-19-10-14-33-17-19/h5,7-9,13,19-20,33H,3-4,6,10-12,14-18H2,1-2H3,(H,35,39)/t19-,20-/m1/s1. The molecule has 12 heteroatoms. The van der Waals surface area contributed by atoms with E-state index >= 15 is 0 Å². The topological polar surface area (TPSA) is 99.7 Å². The second-order valence-corrected chi connectivity index (χ2v) is 11.0. The highest BCUT2D eigenvalue weighted by Gasteiger charge is 2.64. The predicted octanol–water partition coefficient (Wildman–Crippen LogP) is 3.79. The number of amides is 2. The molecule has 1 aliphatic carbocycles. The minimum Gasteiger partial charge on any atom is -0.477 e. The van der Waals surface area contributed by atoms with E-state index in [0.29, 0.717) is 55.4 Å². The summed E-state index contributed by atoms with van der Waals surface area (Å²) in [4.78, 5) is 39.3. The molecule has 3 aliphatic rings. The lowest BCUT2D eigenvalue weighted by Gasteiger charge is -2.48. The van der Waals surface area contributed by atoms with E-state index in [1.807, 2.05) is 30.9 Å². The number of ether oxygens (including phenoxy) is 1. The Morgan fingerprint density at radius 1 is 1.20 bits per heavy atom. The molecule has 0 aromatic carbocycles. The van der Waals surface area contributed by atoms with Gasteiger partial charge in [0, 0.05) is 44.5 Å². The van der Waals surface area contributed by atoms with E-state index in [0.717, 1.165) is 13.0 Å². The van der Waals surface area contributed by atoms with Crippen LogP contribution in [-0.2, 0) is 4.79 Å².